The number of hydrogen-bond donors (Lipinski definition) is 2. The van der Waals surface area contributed by atoms with E-state index in [0.29, 0.717) is 6.07 Å². The van der Waals surface area contributed by atoms with Crippen molar-refractivity contribution in [3.05, 3.63) is 93.0 Å². The smallest absolute Gasteiger partial charge is 0.283 e. The summed E-state index contributed by atoms with van der Waals surface area (Å²) >= 11 is 5.53. The summed E-state index contributed by atoms with van der Waals surface area (Å²) in [5.41, 5.74) is -1.70. The Labute approximate surface area is 202 Å². The quantitative estimate of drug-likeness (QED) is 0.299. The van der Waals surface area contributed by atoms with Gasteiger partial charge in [-0.05, 0) is 48.0 Å². The molecule has 0 aliphatic rings. The van der Waals surface area contributed by atoms with Crippen LogP contribution in [-0.2, 0) is 32.0 Å². The van der Waals surface area contributed by atoms with Crippen molar-refractivity contribution in [3.8, 4) is 0 Å². The van der Waals surface area contributed by atoms with Gasteiger partial charge in [-0.3, -0.25) is 19.6 Å². The SMILES string of the molecule is O=[N+]([O-])c1cccc(CS(=O)(=O)Nc2ccc(S(=O)(=O)Nc3ccc(Cl)c(C(F)(F)F)c3)cc2)c1. The van der Waals surface area contributed by atoms with Crippen LogP contribution in [0, 0.1) is 10.1 Å². The van der Waals surface area contributed by atoms with Crippen LogP contribution < -0.4 is 9.44 Å². The molecule has 9 nitrogen and oxygen atoms in total. The lowest BCUT2D eigenvalue weighted by Gasteiger charge is -2.13. The van der Waals surface area contributed by atoms with Crippen molar-refractivity contribution in [2.24, 2.45) is 0 Å². The van der Waals surface area contributed by atoms with Gasteiger partial charge in [0.15, 0.2) is 0 Å². The highest BCUT2D eigenvalue weighted by molar-refractivity contribution is 7.92. The molecule has 0 unspecified atom stereocenters. The first-order valence-corrected chi connectivity index (χ1v) is 12.9. The van der Waals surface area contributed by atoms with Crippen molar-refractivity contribution in [2.75, 3.05) is 9.44 Å². The maximum atomic E-state index is 13.0. The number of anilines is 2. The largest absolute Gasteiger partial charge is 0.417 e. The highest BCUT2D eigenvalue weighted by atomic mass is 35.5. The second-order valence-electron chi connectivity index (χ2n) is 7.11. The highest BCUT2D eigenvalue weighted by Gasteiger charge is 2.33. The molecule has 0 amide bonds. The zero-order chi connectivity index (χ0) is 26.0. The molecule has 0 aliphatic heterocycles. The Bertz CT molecular complexity index is 1480. The number of sulfonamides is 2. The summed E-state index contributed by atoms with van der Waals surface area (Å²) in [6.07, 6.45) is -4.79. The number of alkyl halides is 3. The standard InChI is InChI=1S/C20H15ClF3N3O6S2/c21-19-9-6-15(11-18(19)20(22,23)24)26-35(32,33)17-7-4-14(5-8-17)25-34(30,31)12-13-2-1-3-16(10-13)27(28)29/h1-11,25-26H,12H2. The van der Waals surface area contributed by atoms with Gasteiger partial charge in [0, 0.05) is 23.5 Å². The normalized spacial score (nSPS) is 12.2. The Morgan fingerprint density at radius 2 is 1.51 bits per heavy atom. The first kappa shape index (κ1) is 26.2. The summed E-state index contributed by atoms with van der Waals surface area (Å²) in [6.45, 7) is 0. The number of nitrogens with zero attached hydrogens (tertiary/aromatic N) is 1. The maximum absolute atomic E-state index is 13.0. The Kier molecular flexibility index (Phi) is 7.29. The second kappa shape index (κ2) is 9.71. The third-order valence-electron chi connectivity index (χ3n) is 4.44. The first-order valence-electron chi connectivity index (χ1n) is 9.40. The molecule has 35 heavy (non-hydrogen) atoms. The summed E-state index contributed by atoms with van der Waals surface area (Å²) in [4.78, 5) is 9.84. The molecule has 3 rings (SSSR count). The summed E-state index contributed by atoms with van der Waals surface area (Å²) in [6, 6.07) is 12.0. The van der Waals surface area contributed by atoms with Gasteiger partial charge in [-0.15, -0.1) is 0 Å². The molecule has 0 aromatic heterocycles. The Hall–Kier alpha value is -3.36. The van der Waals surface area contributed by atoms with E-state index in [1.54, 1.807) is 0 Å². The van der Waals surface area contributed by atoms with Crippen LogP contribution in [-0.4, -0.2) is 21.8 Å². The third-order valence-corrected chi connectivity index (χ3v) is 7.43. The average Bonchev–Trinajstić information content (AvgIpc) is 2.74. The van der Waals surface area contributed by atoms with Gasteiger partial charge in [-0.2, -0.15) is 13.2 Å². The molecule has 0 saturated carbocycles. The lowest BCUT2D eigenvalue weighted by molar-refractivity contribution is -0.384. The molecule has 0 radical (unpaired) electrons. The monoisotopic (exact) mass is 549 g/mol. The number of nitro benzene ring substituents is 1. The molecule has 186 valence electrons. The maximum Gasteiger partial charge on any atom is 0.417 e. The summed E-state index contributed by atoms with van der Waals surface area (Å²) < 4.78 is 93.2. The van der Waals surface area contributed by atoms with Crippen molar-refractivity contribution in [1.29, 1.82) is 0 Å². The molecule has 0 aliphatic carbocycles. The summed E-state index contributed by atoms with van der Waals surface area (Å²) in [5.74, 6) is -0.575. The van der Waals surface area contributed by atoms with E-state index in [1.807, 2.05) is 4.72 Å². The van der Waals surface area contributed by atoms with Gasteiger partial charge in [0.2, 0.25) is 10.0 Å². The van der Waals surface area contributed by atoms with Crippen molar-refractivity contribution in [2.45, 2.75) is 16.8 Å². The topological polar surface area (TPSA) is 135 Å². The van der Waals surface area contributed by atoms with E-state index in [1.165, 1.54) is 18.2 Å². The van der Waals surface area contributed by atoms with Crippen LogP contribution in [0.15, 0.2) is 71.6 Å². The van der Waals surface area contributed by atoms with Crippen molar-refractivity contribution in [3.63, 3.8) is 0 Å². The fourth-order valence-corrected chi connectivity index (χ4v) is 5.38. The molecule has 15 heteroatoms. The van der Waals surface area contributed by atoms with Crippen molar-refractivity contribution < 1.29 is 34.9 Å². The second-order valence-corrected chi connectivity index (χ2v) is 10.9. The predicted molar refractivity (Wildman–Crippen MR) is 123 cm³/mol. The van der Waals surface area contributed by atoms with Crippen LogP contribution in [0.3, 0.4) is 0 Å². The van der Waals surface area contributed by atoms with Crippen molar-refractivity contribution >= 4 is 48.7 Å². The number of halogens is 4. The zero-order valence-electron chi connectivity index (χ0n) is 17.3. The molecule has 3 aromatic rings. The summed E-state index contributed by atoms with van der Waals surface area (Å²) in [5, 5.41) is 10.2. The van der Waals surface area contributed by atoms with Crippen LogP contribution in [0.4, 0.5) is 30.2 Å². The third kappa shape index (κ3) is 6.83. The number of benzene rings is 3. The van der Waals surface area contributed by atoms with Gasteiger partial charge in [0.1, 0.15) is 0 Å². The van der Waals surface area contributed by atoms with E-state index < -0.39 is 47.5 Å². The first-order chi connectivity index (χ1) is 16.2. The molecule has 0 bridgehead atoms. The number of rotatable bonds is 8. The van der Waals surface area contributed by atoms with E-state index in [2.05, 4.69) is 4.72 Å². The molecule has 2 N–H and O–H groups in total. The zero-order valence-corrected chi connectivity index (χ0v) is 19.7. The van der Waals surface area contributed by atoms with Gasteiger partial charge >= 0.3 is 6.18 Å². The minimum absolute atomic E-state index is 0.000214. The van der Waals surface area contributed by atoms with Crippen LogP contribution in [0.5, 0.6) is 0 Å². The molecular weight excluding hydrogens is 535 g/mol. The van der Waals surface area contributed by atoms with E-state index in [0.717, 1.165) is 42.5 Å². The van der Waals surface area contributed by atoms with Crippen LogP contribution in [0.2, 0.25) is 5.02 Å². The minimum Gasteiger partial charge on any atom is -0.283 e. The lowest BCUT2D eigenvalue weighted by atomic mass is 10.2. The fourth-order valence-electron chi connectivity index (χ4n) is 2.92. The van der Waals surface area contributed by atoms with E-state index in [4.69, 9.17) is 11.6 Å². The molecular formula is C20H15ClF3N3O6S2. The van der Waals surface area contributed by atoms with Gasteiger partial charge in [-0.1, -0.05) is 23.7 Å². The van der Waals surface area contributed by atoms with E-state index in [-0.39, 0.29) is 27.5 Å². The predicted octanol–water partition coefficient (Wildman–Crippen LogP) is 5.01. The number of hydrogen-bond acceptors (Lipinski definition) is 6. The Balaban J connectivity index is 1.74. The molecule has 0 heterocycles. The average molecular weight is 550 g/mol. The van der Waals surface area contributed by atoms with Crippen LogP contribution >= 0.6 is 11.6 Å². The van der Waals surface area contributed by atoms with Gasteiger partial charge < -0.3 is 0 Å². The van der Waals surface area contributed by atoms with E-state index in [9.17, 15) is 40.1 Å². The van der Waals surface area contributed by atoms with Gasteiger partial charge in [-0.25, -0.2) is 16.8 Å². The van der Waals surface area contributed by atoms with Crippen LogP contribution in [0.1, 0.15) is 11.1 Å². The molecule has 0 saturated heterocycles. The molecule has 0 fully saturated rings. The molecule has 3 aromatic carbocycles. The lowest BCUT2D eigenvalue weighted by Crippen LogP contribution is -2.16. The molecule has 0 atom stereocenters. The molecule has 0 spiro atoms. The van der Waals surface area contributed by atoms with Gasteiger partial charge in [0.25, 0.3) is 15.7 Å². The van der Waals surface area contributed by atoms with Crippen LogP contribution in [0.25, 0.3) is 0 Å². The highest BCUT2D eigenvalue weighted by Crippen LogP contribution is 2.36. The van der Waals surface area contributed by atoms with Crippen molar-refractivity contribution in [1.82, 2.24) is 0 Å². The fraction of sp³-hybridized carbons (Fsp3) is 0.100. The number of non-ortho nitro benzene ring substituents is 1. The minimum atomic E-state index is -4.79. The number of nitro groups is 1. The number of nitrogens with one attached hydrogen (secondary N) is 2. The Morgan fingerprint density at radius 3 is 2.11 bits per heavy atom. The Morgan fingerprint density at radius 1 is 0.886 bits per heavy atom. The summed E-state index contributed by atoms with van der Waals surface area (Å²) in [7, 11) is -8.32. The van der Waals surface area contributed by atoms with E-state index >= 15 is 0 Å². The van der Waals surface area contributed by atoms with Gasteiger partial charge in [0.05, 0.1) is 26.2 Å².